The standard InChI is InChI=1S/C27H31N3O5/c1-34-27(33)23-19-22(29-15-17-35-18-16-29)8-9-24(23)28-26(32)21-11-13-30(14-12-21)25(31)10-7-20-5-3-2-4-6-20/h2-10,19,21H,11-18H2,1H3,(H,28,32)/b10-7+. The van der Waals surface area contributed by atoms with E-state index in [4.69, 9.17) is 9.47 Å². The highest BCUT2D eigenvalue weighted by Crippen LogP contribution is 2.27. The summed E-state index contributed by atoms with van der Waals surface area (Å²) in [7, 11) is 1.33. The monoisotopic (exact) mass is 477 g/mol. The van der Waals surface area contributed by atoms with Crippen molar-refractivity contribution in [2.24, 2.45) is 5.92 Å². The summed E-state index contributed by atoms with van der Waals surface area (Å²) in [5.41, 5.74) is 2.62. The van der Waals surface area contributed by atoms with Gasteiger partial charge in [0.15, 0.2) is 0 Å². The SMILES string of the molecule is COC(=O)c1cc(N2CCOCC2)ccc1NC(=O)C1CCN(C(=O)/C=C/c2ccccc2)CC1. The first kappa shape index (κ1) is 24.5. The molecule has 0 saturated carbocycles. The maximum atomic E-state index is 13.0. The number of piperidine rings is 1. The molecule has 0 atom stereocenters. The van der Waals surface area contributed by atoms with Crippen molar-refractivity contribution in [1.29, 1.82) is 0 Å². The van der Waals surface area contributed by atoms with Crippen LogP contribution in [0.3, 0.4) is 0 Å². The number of ether oxygens (including phenoxy) is 2. The number of nitrogens with zero attached hydrogens (tertiary/aromatic N) is 2. The molecule has 0 spiro atoms. The number of likely N-dealkylation sites (tertiary alicyclic amines) is 1. The summed E-state index contributed by atoms with van der Waals surface area (Å²) in [6.07, 6.45) is 4.51. The molecule has 2 amide bonds. The van der Waals surface area contributed by atoms with E-state index in [-0.39, 0.29) is 17.7 Å². The van der Waals surface area contributed by atoms with Gasteiger partial charge in [-0.05, 0) is 42.7 Å². The van der Waals surface area contributed by atoms with Crippen LogP contribution in [0.15, 0.2) is 54.6 Å². The van der Waals surface area contributed by atoms with Gasteiger partial charge >= 0.3 is 5.97 Å². The van der Waals surface area contributed by atoms with Crippen LogP contribution in [-0.2, 0) is 19.1 Å². The molecule has 2 fully saturated rings. The highest BCUT2D eigenvalue weighted by molar-refractivity contribution is 6.02. The summed E-state index contributed by atoms with van der Waals surface area (Å²) in [6, 6.07) is 15.1. The topological polar surface area (TPSA) is 88.2 Å². The molecule has 0 unspecified atom stereocenters. The quantitative estimate of drug-likeness (QED) is 0.508. The van der Waals surface area contributed by atoms with E-state index in [1.165, 1.54) is 7.11 Å². The zero-order valence-corrected chi connectivity index (χ0v) is 19.9. The maximum absolute atomic E-state index is 13.0. The van der Waals surface area contributed by atoms with Gasteiger partial charge in [-0.2, -0.15) is 0 Å². The van der Waals surface area contributed by atoms with E-state index < -0.39 is 5.97 Å². The van der Waals surface area contributed by atoms with Gasteiger partial charge in [0.2, 0.25) is 11.8 Å². The number of morpholine rings is 1. The van der Waals surface area contributed by atoms with Crippen LogP contribution in [0.2, 0.25) is 0 Å². The fourth-order valence-electron chi connectivity index (χ4n) is 4.37. The molecule has 8 heteroatoms. The average molecular weight is 478 g/mol. The van der Waals surface area contributed by atoms with Crippen LogP contribution in [0.5, 0.6) is 0 Å². The highest BCUT2D eigenvalue weighted by atomic mass is 16.5. The second-order valence-corrected chi connectivity index (χ2v) is 8.65. The number of nitrogens with one attached hydrogen (secondary N) is 1. The molecule has 4 rings (SSSR count). The number of methoxy groups -OCH3 is 1. The van der Waals surface area contributed by atoms with Crippen molar-refractivity contribution >= 4 is 35.2 Å². The molecule has 2 aromatic carbocycles. The number of esters is 1. The molecule has 35 heavy (non-hydrogen) atoms. The molecular formula is C27H31N3O5. The number of rotatable bonds is 6. The van der Waals surface area contributed by atoms with Crippen molar-refractivity contribution in [2.45, 2.75) is 12.8 Å². The largest absolute Gasteiger partial charge is 0.465 e. The van der Waals surface area contributed by atoms with Crippen LogP contribution in [0.1, 0.15) is 28.8 Å². The third kappa shape index (κ3) is 6.27. The molecule has 2 aromatic rings. The van der Waals surface area contributed by atoms with Crippen molar-refractivity contribution < 1.29 is 23.9 Å². The van der Waals surface area contributed by atoms with Crippen molar-refractivity contribution in [3.63, 3.8) is 0 Å². The summed E-state index contributed by atoms with van der Waals surface area (Å²) in [5, 5.41) is 2.92. The van der Waals surface area contributed by atoms with E-state index in [1.807, 2.05) is 36.4 Å². The molecule has 1 N–H and O–H groups in total. The van der Waals surface area contributed by atoms with Gasteiger partial charge in [-0.25, -0.2) is 4.79 Å². The van der Waals surface area contributed by atoms with Crippen LogP contribution in [0, 0.1) is 5.92 Å². The fraction of sp³-hybridized carbons (Fsp3) is 0.370. The number of hydrogen-bond donors (Lipinski definition) is 1. The third-order valence-electron chi connectivity index (χ3n) is 6.44. The molecule has 0 radical (unpaired) electrons. The minimum atomic E-state index is -0.499. The summed E-state index contributed by atoms with van der Waals surface area (Å²) < 4.78 is 10.4. The van der Waals surface area contributed by atoms with Crippen molar-refractivity contribution in [3.8, 4) is 0 Å². The maximum Gasteiger partial charge on any atom is 0.340 e. The van der Waals surface area contributed by atoms with Crippen molar-refractivity contribution in [1.82, 2.24) is 4.90 Å². The zero-order valence-electron chi connectivity index (χ0n) is 19.9. The minimum Gasteiger partial charge on any atom is -0.465 e. The molecule has 2 aliphatic heterocycles. The van der Waals surface area contributed by atoms with Gasteiger partial charge < -0.3 is 24.6 Å². The molecule has 8 nitrogen and oxygen atoms in total. The smallest absolute Gasteiger partial charge is 0.340 e. The van der Waals surface area contributed by atoms with Crippen LogP contribution in [0.25, 0.3) is 6.08 Å². The van der Waals surface area contributed by atoms with Gasteiger partial charge in [-0.1, -0.05) is 30.3 Å². The van der Waals surface area contributed by atoms with Crippen LogP contribution in [0.4, 0.5) is 11.4 Å². The Labute approximate surface area is 205 Å². The van der Waals surface area contributed by atoms with E-state index >= 15 is 0 Å². The lowest BCUT2D eigenvalue weighted by atomic mass is 9.95. The first-order chi connectivity index (χ1) is 17.0. The number of anilines is 2. The predicted octanol–water partition coefficient (Wildman–Crippen LogP) is 3.20. The van der Waals surface area contributed by atoms with Gasteiger partial charge in [0, 0.05) is 43.9 Å². The Hall–Kier alpha value is -3.65. The lowest BCUT2D eigenvalue weighted by Gasteiger charge is -2.31. The van der Waals surface area contributed by atoms with Crippen LogP contribution < -0.4 is 10.2 Å². The first-order valence-electron chi connectivity index (χ1n) is 11.9. The van der Waals surface area contributed by atoms with Gasteiger partial charge in [-0.3, -0.25) is 9.59 Å². The summed E-state index contributed by atoms with van der Waals surface area (Å²) >= 11 is 0. The molecular weight excluding hydrogens is 446 g/mol. The van der Waals surface area contributed by atoms with Crippen LogP contribution >= 0.6 is 0 Å². The summed E-state index contributed by atoms with van der Waals surface area (Å²) in [5.74, 6) is -0.941. The van der Waals surface area contributed by atoms with Gasteiger partial charge in [0.1, 0.15) is 0 Å². The summed E-state index contributed by atoms with van der Waals surface area (Å²) in [6.45, 7) is 3.77. The van der Waals surface area contributed by atoms with Gasteiger partial charge in [-0.15, -0.1) is 0 Å². The molecule has 2 heterocycles. The minimum absolute atomic E-state index is 0.0561. The average Bonchev–Trinajstić information content (AvgIpc) is 2.92. The van der Waals surface area contributed by atoms with Crippen LogP contribution in [-0.4, -0.2) is 69.2 Å². The lowest BCUT2D eigenvalue weighted by molar-refractivity contribution is -0.130. The Bertz CT molecular complexity index is 1070. The second kappa shape index (κ2) is 11.7. The first-order valence-corrected chi connectivity index (χ1v) is 11.9. The molecule has 0 aromatic heterocycles. The normalized spacial score (nSPS) is 16.8. The summed E-state index contributed by atoms with van der Waals surface area (Å²) in [4.78, 5) is 41.9. The Morgan fingerprint density at radius 1 is 1.00 bits per heavy atom. The van der Waals surface area contributed by atoms with Gasteiger partial charge in [0.05, 0.1) is 31.6 Å². The molecule has 2 aliphatic rings. The van der Waals surface area contributed by atoms with E-state index in [2.05, 4.69) is 10.2 Å². The van der Waals surface area contributed by atoms with E-state index in [1.54, 1.807) is 29.2 Å². The van der Waals surface area contributed by atoms with Crippen molar-refractivity contribution in [2.75, 3.05) is 56.7 Å². The number of benzene rings is 2. The predicted molar refractivity (Wildman–Crippen MR) is 134 cm³/mol. The third-order valence-corrected chi connectivity index (χ3v) is 6.44. The number of amides is 2. The Morgan fingerprint density at radius 3 is 2.40 bits per heavy atom. The number of carbonyl (C=O) groups is 3. The highest BCUT2D eigenvalue weighted by Gasteiger charge is 2.28. The Balaban J connectivity index is 1.36. The molecule has 0 aliphatic carbocycles. The second-order valence-electron chi connectivity index (χ2n) is 8.65. The van der Waals surface area contributed by atoms with Crippen molar-refractivity contribution in [3.05, 3.63) is 65.7 Å². The molecule has 2 saturated heterocycles. The van der Waals surface area contributed by atoms with E-state index in [0.717, 1.165) is 24.3 Å². The molecule has 184 valence electrons. The van der Waals surface area contributed by atoms with E-state index in [9.17, 15) is 14.4 Å². The number of carbonyl (C=O) groups excluding carboxylic acids is 3. The Morgan fingerprint density at radius 2 is 1.71 bits per heavy atom. The van der Waals surface area contributed by atoms with E-state index in [0.29, 0.717) is 50.4 Å². The van der Waals surface area contributed by atoms with Gasteiger partial charge in [0.25, 0.3) is 0 Å². The molecule has 0 bridgehead atoms. The zero-order chi connectivity index (χ0) is 24.6. The number of hydrogen-bond acceptors (Lipinski definition) is 6. The Kier molecular flexibility index (Phi) is 8.15. The lowest BCUT2D eigenvalue weighted by Crippen LogP contribution is -2.40. The fourth-order valence-corrected chi connectivity index (χ4v) is 4.37.